The Labute approximate surface area is 196 Å². The maximum atomic E-state index is 12.5. The standard InChI is InChI=1S/C24H25N7O3/c1-24(2,3)34-23(32)31-6-5-16(13-31)33-21-18(8-25)26-11-19-20(21)17-7-14(9-27-22(17)29-19)15-10-28-30(4)12-15/h7,9-12,16H,5-6,13H2,1-4H3,(H,27,29). The molecule has 1 unspecified atom stereocenters. The number of rotatable bonds is 3. The highest BCUT2D eigenvalue weighted by molar-refractivity contribution is 6.10. The second-order valence-corrected chi connectivity index (χ2v) is 9.44. The van der Waals surface area contributed by atoms with Crippen molar-refractivity contribution in [1.82, 2.24) is 29.6 Å². The molecule has 0 bridgehead atoms. The van der Waals surface area contributed by atoms with Crippen molar-refractivity contribution in [3.63, 3.8) is 0 Å². The van der Waals surface area contributed by atoms with Crippen molar-refractivity contribution in [3.8, 4) is 22.9 Å². The molecule has 5 rings (SSSR count). The molecule has 1 saturated heterocycles. The van der Waals surface area contributed by atoms with Gasteiger partial charge in [0.25, 0.3) is 0 Å². The number of aromatic amines is 1. The molecule has 1 atom stereocenters. The van der Waals surface area contributed by atoms with Gasteiger partial charge in [-0.05, 0) is 26.8 Å². The second kappa shape index (κ2) is 8.02. The van der Waals surface area contributed by atoms with Crippen LogP contribution < -0.4 is 4.74 Å². The highest BCUT2D eigenvalue weighted by Gasteiger charge is 2.32. The molecule has 1 aliphatic heterocycles. The van der Waals surface area contributed by atoms with E-state index in [9.17, 15) is 10.1 Å². The van der Waals surface area contributed by atoms with E-state index >= 15 is 0 Å². The molecular formula is C24H25N7O3. The number of fused-ring (bicyclic) bond motifs is 3. The van der Waals surface area contributed by atoms with Crippen LogP contribution in [0.4, 0.5) is 4.79 Å². The topological polar surface area (TPSA) is 122 Å². The SMILES string of the molecule is Cn1cc(-c2cnc3[nH]c4cnc(C#N)c(OC5CCN(C(=O)OC(C)(C)C)C5)c4c3c2)cn1. The van der Waals surface area contributed by atoms with Crippen LogP contribution in [0.5, 0.6) is 5.75 Å². The van der Waals surface area contributed by atoms with Crippen LogP contribution in [0.3, 0.4) is 0 Å². The van der Waals surface area contributed by atoms with Gasteiger partial charge < -0.3 is 19.4 Å². The lowest BCUT2D eigenvalue weighted by molar-refractivity contribution is 0.0276. The van der Waals surface area contributed by atoms with Gasteiger partial charge in [0.1, 0.15) is 23.4 Å². The number of aromatic nitrogens is 5. The molecule has 1 fully saturated rings. The number of carbonyl (C=O) groups is 1. The molecule has 1 amide bonds. The number of hydrogen-bond donors (Lipinski definition) is 1. The van der Waals surface area contributed by atoms with Gasteiger partial charge in [-0.2, -0.15) is 10.4 Å². The average molecular weight is 460 g/mol. The monoisotopic (exact) mass is 459 g/mol. The highest BCUT2D eigenvalue weighted by Crippen LogP contribution is 2.37. The minimum absolute atomic E-state index is 0.191. The zero-order valence-electron chi connectivity index (χ0n) is 19.5. The Morgan fingerprint density at radius 3 is 2.76 bits per heavy atom. The van der Waals surface area contributed by atoms with Gasteiger partial charge >= 0.3 is 6.09 Å². The van der Waals surface area contributed by atoms with Gasteiger partial charge in [0.05, 0.1) is 29.8 Å². The fourth-order valence-electron chi connectivity index (χ4n) is 4.14. The third kappa shape index (κ3) is 4.01. The summed E-state index contributed by atoms with van der Waals surface area (Å²) in [7, 11) is 1.86. The molecule has 4 aromatic heterocycles. The molecule has 0 aromatic carbocycles. The van der Waals surface area contributed by atoms with E-state index in [4.69, 9.17) is 9.47 Å². The predicted octanol–water partition coefficient (Wildman–Crippen LogP) is 3.77. The molecule has 1 aliphatic rings. The summed E-state index contributed by atoms with van der Waals surface area (Å²) < 4.78 is 13.6. The minimum atomic E-state index is -0.567. The van der Waals surface area contributed by atoms with E-state index < -0.39 is 5.60 Å². The summed E-state index contributed by atoms with van der Waals surface area (Å²) >= 11 is 0. The molecule has 1 N–H and O–H groups in total. The molecule has 174 valence electrons. The number of carbonyl (C=O) groups excluding carboxylic acids is 1. The summed E-state index contributed by atoms with van der Waals surface area (Å²) in [6, 6.07) is 4.15. The molecule has 34 heavy (non-hydrogen) atoms. The highest BCUT2D eigenvalue weighted by atomic mass is 16.6. The Bertz CT molecular complexity index is 1440. The summed E-state index contributed by atoms with van der Waals surface area (Å²) in [5.41, 5.74) is 2.86. The molecule has 0 aliphatic carbocycles. The van der Waals surface area contributed by atoms with E-state index in [2.05, 4.69) is 26.1 Å². The van der Waals surface area contributed by atoms with Gasteiger partial charge in [-0.3, -0.25) is 4.68 Å². The van der Waals surface area contributed by atoms with Gasteiger partial charge in [0.15, 0.2) is 11.4 Å². The van der Waals surface area contributed by atoms with Crippen LogP contribution in [-0.4, -0.2) is 60.5 Å². The van der Waals surface area contributed by atoms with Gasteiger partial charge in [-0.1, -0.05) is 0 Å². The summed E-state index contributed by atoms with van der Waals surface area (Å²) in [6.45, 7) is 6.41. The van der Waals surface area contributed by atoms with Crippen molar-refractivity contribution >= 4 is 28.0 Å². The largest absolute Gasteiger partial charge is 0.485 e. The zero-order valence-corrected chi connectivity index (χ0v) is 19.5. The van der Waals surface area contributed by atoms with Crippen molar-refractivity contribution in [2.24, 2.45) is 7.05 Å². The number of likely N-dealkylation sites (tertiary alicyclic amines) is 1. The van der Waals surface area contributed by atoms with Crippen LogP contribution in [0.2, 0.25) is 0 Å². The first-order chi connectivity index (χ1) is 16.2. The van der Waals surface area contributed by atoms with E-state index in [1.54, 1.807) is 28.2 Å². The van der Waals surface area contributed by atoms with Crippen molar-refractivity contribution < 1.29 is 14.3 Å². The lowest BCUT2D eigenvalue weighted by Crippen LogP contribution is -2.36. The summed E-state index contributed by atoms with van der Waals surface area (Å²) in [5, 5.41) is 15.6. The number of nitrogens with zero attached hydrogens (tertiary/aromatic N) is 6. The van der Waals surface area contributed by atoms with Crippen molar-refractivity contribution in [1.29, 1.82) is 5.26 Å². The number of pyridine rings is 2. The normalized spacial score (nSPS) is 16.2. The average Bonchev–Trinajstić information content (AvgIpc) is 3.50. The maximum absolute atomic E-state index is 12.5. The predicted molar refractivity (Wildman–Crippen MR) is 125 cm³/mol. The fourth-order valence-corrected chi connectivity index (χ4v) is 4.14. The van der Waals surface area contributed by atoms with Crippen LogP contribution in [0.25, 0.3) is 33.1 Å². The third-order valence-electron chi connectivity index (χ3n) is 5.67. The van der Waals surface area contributed by atoms with Gasteiger partial charge in [0, 0.05) is 48.9 Å². The molecule has 0 radical (unpaired) electrons. The third-order valence-corrected chi connectivity index (χ3v) is 5.67. The molecule has 5 heterocycles. The molecule has 0 spiro atoms. The molecule has 10 heteroatoms. The van der Waals surface area contributed by atoms with Crippen molar-refractivity contribution in [2.75, 3.05) is 13.1 Å². The van der Waals surface area contributed by atoms with Gasteiger partial charge in [-0.25, -0.2) is 14.8 Å². The van der Waals surface area contributed by atoms with Crippen LogP contribution in [0.1, 0.15) is 32.9 Å². The smallest absolute Gasteiger partial charge is 0.410 e. The zero-order chi connectivity index (χ0) is 24.0. The van der Waals surface area contributed by atoms with Crippen LogP contribution >= 0.6 is 0 Å². The second-order valence-electron chi connectivity index (χ2n) is 9.44. The number of hydrogen-bond acceptors (Lipinski definition) is 7. The van der Waals surface area contributed by atoms with Gasteiger partial charge in [0.2, 0.25) is 0 Å². The first kappa shape index (κ1) is 21.7. The van der Waals surface area contributed by atoms with E-state index in [1.165, 1.54) is 0 Å². The first-order valence-corrected chi connectivity index (χ1v) is 11.1. The Balaban J connectivity index is 1.51. The van der Waals surface area contributed by atoms with E-state index in [-0.39, 0.29) is 17.9 Å². The lowest BCUT2D eigenvalue weighted by atomic mass is 10.1. The number of H-pyrrole nitrogens is 1. The number of ether oxygens (including phenoxy) is 2. The Morgan fingerprint density at radius 1 is 1.24 bits per heavy atom. The number of nitriles is 1. The fraction of sp³-hybridized carbons (Fsp3) is 0.375. The van der Waals surface area contributed by atoms with Crippen molar-refractivity contribution in [3.05, 3.63) is 36.5 Å². The summed E-state index contributed by atoms with van der Waals surface area (Å²) in [4.78, 5) is 26.2. The quantitative estimate of drug-likeness (QED) is 0.495. The van der Waals surface area contributed by atoms with Gasteiger partial charge in [-0.15, -0.1) is 0 Å². The minimum Gasteiger partial charge on any atom is -0.485 e. The molecule has 10 nitrogen and oxygen atoms in total. The van der Waals surface area contributed by atoms with E-state index in [0.717, 1.165) is 27.4 Å². The number of nitrogens with one attached hydrogen (secondary N) is 1. The summed E-state index contributed by atoms with van der Waals surface area (Å²) in [5.74, 6) is 0.396. The Morgan fingerprint density at radius 2 is 2.06 bits per heavy atom. The maximum Gasteiger partial charge on any atom is 0.410 e. The van der Waals surface area contributed by atoms with Crippen LogP contribution in [0.15, 0.2) is 30.9 Å². The lowest BCUT2D eigenvalue weighted by Gasteiger charge is -2.24. The molecule has 4 aromatic rings. The summed E-state index contributed by atoms with van der Waals surface area (Å²) in [6.07, 6.45) is 7.07. The van der Waals surface area contributed by atoms with Crippen LogP contribution in [0, 0.1) is 11.3 Å². The van der Waals surface area contributed by atoms with Crippen LogP contribution in [-0.2, 0) is 11.8 Å². The van der Waals surface area contributed by atoms with Crippen molar-refractivity contribution in [2.45, 2.75) is 38.9 Å². The van der Waals surface area contributed by atoms with E-state index in [0.29, 0.717) is 30.9 Å². The number of aryl methyl sites for hydroxylation is 1. The number of amides is 1. The first-order valence-electron chi connectivity index (χ1n) is 11.1. The van der Waals surface area contributed by atoms with E-state index in [1.807, 2.05) is 40.1 Å². The Kier molecular flexibility index (Phi) is 5.12. The molecule has 0 saturated carbocycles. The Hall–Kier alpha value is -4.13. The molecular weight excluding hydrogens is 434 g/mol.